The lowest BCUT2D eigenvalue weighted by atomic mass is 10.0. The number of carbonyl (C=O) groups is 2. The second-order valence-electron chi connectivity index (χ2n) is 6.67. The molecule has 0 spiro atoms. The lowest BCUT2D eigenvalue weighted by Gasteiger charge is -2.20. The van der Waals surface area contributed by atoms with Gasteiger partial charge in [-0.2, -0.15) is 0 Å². The van der Waals surface area contributed by atoms with Crippen LogP contribution in [0.3, 0.4) is 0 Å². The van der Waals surface area contributed by atoms with Crippen LogP contribution in [0.4, 0.5) is 4.79 Å². The average molecular weight is 353 g/mol. The highest BCUT2D eigenvalue weighted by atomic mass is 16.6. The van der Waals surface area contributed by atoms with Crippen molar-refractivity contribution in [3.63, 3.8) is 0 Å². The molecule has 3 aromatic rings. The highest BCUT2D eigenvalue weighted by Gasteiger charge is 2.24. The van der Waals surface area contributed by atoms with Crippen LogP contribution in [0.15, 0.2) is 43.0 Å². The summed E-state index contributed by atoms with van der Waals surface area (Å²) in [6, 6.07) is 5.12. The van der Waals surface area contributed by atoms with Crippen LogP contribution in [0.1, 0.15) is 31.1 Å². The van der Waals surface area contributed by atoms with Crippen LogP contribution in [0.25, 0.3) is 22.2 Å². The Morgan fingerprint density at radius 1 is 1.12 bits per heavy atom. The monoisotopic (exact) mass is 353 g/mol. The molecule has 0 N–H and O–H groups in total. The van der Waals surface area contributed by atoms with Crippen LogP contribution in [0.5, 0.6) is 0 Å². The normalized spacial score (nSPS) is 11.4. The summed E-state index contributed by atoms with van der Waals surface area (Å²) < 4.78 is 11.6. The summed E-state index contributed by atoms with van der Waals surface area (Å²) in [5.74, 6) is -0.538. The lowest BCUT2D eigenvalue weighted by Crippen LogP contribution is -2.27. The molecule has 0 aliphatic heterocycles. The van der Waals surface area contributed by atoms with Crippen LogP contribution >= 0.6 is 0 Å². The Bertz CT molecular complexity index is 972. The van der Waals surface area contributed by atoms with E-state index in [1.165, 1.54) is 11.7 Å². The maximum atomic E-state index is 12.6. The number of fused-ring (bicyclic) bond motifs is 1. The van der Waals surface area contributed by atoms with E-state index in [1.54, 1.807) is 63.8 Å². The molecule has 3 rings (SSSR count). The predicted molar refractivity (Wildman–Crippen MR) is 95.9 cm³/mol. The standard InChI is InChI=1S/C19H19N3O4/c1-19(2,3)26-18(24)22-10-7-13-12(15-11-20-8-9-21-15)5-6-14(16(13)22)17(23)25-4/h5-11H,1-4H3. The zero-order valence-electron chi connectivity index (χ0n) is 15.0. The van der Waals surface area contributed by atoms with Gasteiger partial charge < -0.3 is 9.47 Å². The minimum absolute atomic E-state index is 0.269. The molecule has 0 aliphatic carbocycles. The molecule has 2 aromatic heterocycles. The molecule has 0 atom stereocenters. The van der Waals surface area contributed by atoms with Gasteiger partial charge in [0, 0.05) is 29.5 Å². The number of methoxy groups -OCH3 is 1. The second-order valence-corrected chi connectivity index (χ2v) is 6.67. The van der Waals surface area contributed by atoms with E-state index in [9.17, 15) is 9.59 Å². The van der Waals surface area contributed by atoms with Crippen molar-refractivity contribution in [1.29, 1.82) is 0 Å². The van der Waals surface area contributed by atoms with Crippen molar-refractivity contribution in [2.45, 2.75) is 26.4 Å². The van der Waals surface area contributed by atoms with E-state index in [-0.39, 0.29) is 5.56 Å². The Labute approximate surface area is 150 Å². The van der Waals surface area contributed by atoms with E-state index >= 15 is 0 Å². The lowest BCUT2D eigenvalue weighted by molar-refractivity contribution is 0.0544. The first-order valence-electron chi connectivity index (χ1n) is 8.04. The Morgan fingerprint density at radius 3 is 2.50 bits per heavy atom. The summed E-state index contributed by atoms with van der Waals surface area (Å²) in [5, 5.41) is 0.680. The summed E-state index contributed by atoms with van der Waals surface area (Å²) in [6.07, 6.45) is 5.78. The van der Waals surface area contributed by atoms with E-state index < -0.39 is 17.7 Å². The van der Waals surface area contributed by atoms with Gasteiger partial charge in [0.05, 0.1) is 30.1 Å². The van der Waals surface area contributed by atoms with E-state index in [0.29, 0.717) is 16.6 Å². The van der Waals surface area contributed by atoms with Crippen molar-refractivity contribution < 1.29 is 19.1 Å². The third kappa shape index (κ3) is 3.28. The molecular formula is C19H19N3O4. The minimum Gasteiger partial charge on any atom is -0.465 e. The first kappa shape index (κ1) is 17.6. The number of ether oxygens (including phenoxy) is 2. The minimum atomic E-state index is -0.665. The number of benzene rings is 1. The topological polar surface area (TPSA) is 83.3 Å². The quantitative estimate of drug-likeness (QED) is 0.654. The first-order chi connectivity index (χ1) is 12.3. The fraction of sp³-hybridized carbons (Fsp3) is 0.263. The van der Waals surface area contributed by atoms with Gasteiger partial charge in [0.25, 0.3) is 0 Å². The second kappa shape index (κ2) is 6.59. The zero-order chi connectivity index (χ0) is 18.9. The van der Waals surface area contributed by atoms with Gasteiger partial charge in [-0.05, 0) is 32.9 Å². The fourth-order valence-corrected chi connectivity index (χ4v) is 2.66. The maximum Gasteiger partial charge on any atom is 0.419 e. The predicted octanol–water partition coefficient (Wildman–Crippen LogP) is 3.67. The van der Waals surface area contributed by atoms with Gasteiger partial charge >= 0.3 is 12.1 Å². The Morgan fingerprint density at radius 2 is 1.88 bits per heavy atom. The molecule has 0 saturated carbocycles. The van der Waals surface area contributed by atoms with Gasteiger partial charge in [-0.1, -0.05) is 6.07 Å². The highest BCUT2D eigenvalue weighted by molar-refractivity contribution is 6.10. The molecule has 0 fully saturated rings. The van der Waals surface area contributed by atoms with Crippen LogP contribution in [-0.2, 0) is 9.47 Å². The Kier molecular flexibility index (Phi) is 4.46. The smallest absolute Gasteiger partial charge is 0.419 e. The molecule has 0 amide bonds. The molecule has 26 heavy (non-hydrogen) atoms. The summed E-state index contributed by atoms with van der Waals surface area (Å²) in [6.45, 7) is 5.34. The van der Waals surface area contributed by atoms with E-state index in [2.05, 4.69) is 9.97 Å². The van der Waals surface area contributed by atoms with Gasteiger partial charge in [0.2, 0.25) is 0 Å². The average Bonchev–Trinajstić information content (AvgIpc) is 3.05. The third-order valence-electron chi connectivity index (χ3n) is 3.68. The zero-order valence-corrected chi connectivity index (χ0v) is 15.0. The van der Waals surface area contributed by atoms with Gasteiger partial charge in [-0.15, -0.1) is 0 Å². The summed E-state index contributed by atoms with van der Waals surface area (Å²) in [4.78, 5) is 33.2. The molecule has 1 aromatic carbocycles. The molecule has 0 unspecified atom stereocenters. The number of hydrogen-bond donors (Lipinski definition) is 0. The number of rotatable bonds is 2. The van der Waals surface area contributed by atoms with Crippen LogP contribution in [-0.4, -0.2) is 39.3 Å². The Hall–Kier alpha value is -3.22. The van der Waals surface area contributed by atoms with Crippen molar-refractivity contribution in [2.75, 3.05) is 7.11 Å². The van der Waals surface area contributed by atoms with Crippen molar-refractivity contribution in [3.05, 3.63) is 48.5 Å². The number of aromatic nitrogens is 3. The van der Waals surface area contributed by atoms with Gasteiger partial charge in [0.1, 0.15) is 5.60 Å². The van der Waals surface area contributed by atoms with E-state index in [1.807, 2.05) is 0 Å². The third-order valence-corrected chi connectivity index (χ3v) is 3.68. The van der Waals surface area contributed by atoms with Gasteiger partial charge in [0.15, 0.2) is 0 Å². The number of nitrogens with zero attached hydrogens (tertiary/aromatic N) is 3. The van der Waals surface area contributed by atoms with E-state index in [0.717, 1.165) is 5.56 Å². The van der Waals surface area contributed by atoms with Crippen LogP contribution < -0.4 is 0 Å². The summed E-state index contributed by atoms with van der Waals surface area (Å²) >= 11 is 0. The largest absolute Gasteiger partial charge is 0.465 e. The van der Waals surface area contributed by atoms with Crippen molar-refractivity contribution >= 4 is 23.0 Å². The maximum absolute atomic E-state index is 12.6. The van der Waals surface area contributed by atoms with Gasteiger partial charge in [-0.3, -0.25) is 14.5 Å². The summed E-state index contributed by atoms with van der Waals surface area (Å²) in [7, 11) is 1.30. The first-order valence-corrected chi connectivity index (χ1v) is 8.04. The molecule has 134 valence electrons. The number of esters is 1. The fourth-order valence-electron chi connectivity index (χ4n) is 2.66. The van der Waals surface area contributed by atoms with E-state index in [4.69, 9.17) is 9.47 Å². The van der Waals surface area contributed by atoms with Gasteiger partial charge in [-0.25, -0.2) is 9.59 Å². The summed E-state index contributed by atoms with van der Waals surface area (Å²) in [5.41, 5.74) is 1.40. The molecule has 0 radical (unpaired) electrons. The molecule has 7 nitrogen and oxygen atoms in total. The molecule has 7 heteroatoms. The number of carbonyl (C=O) groups excluding carboxylic acids is 2. The van der Waals surface area contributed by atoms with Crippen LogP contribution in [0, 0.1) is 0 Å². The van der Waals surface area contributed by atoms with Crippen molar-refractivity contribution in [1.82, 2.24) is 14.5 Å². The Balaban J connectivity index is 2.24. The molecule has 2 heterocycles. The van der Waals surface area contributed by atoms with Crippen molar-refractivity contribution in [3.8, 4) is 11.3 Å². The van der Waals surface area contributed by atoms with Crippen LogP contribution in [0.2, 0.25) is 0 Å². The molecule has 0 saturated heterocycles. The highest BCUT2D eigenvalue weighted by Crippen LogP contribution is 2.31. The molecule has 0 bridgehead atoms. The SMILES string of the molecule is COC(=O)c1ccc(-c2cnccn2)c2ccn(C(=O)OC(C)(C)C)c12. The molecular weight excluding hydrogens is 334 g/mol. The van der Waals surface area contributed by atoms with Crippen molar-refractivity contribution in [2.24, 2.45) is 0 Å². The number of hydrogen-bond acceptors (Lipinski definition) is 6. The molecule has 0 aliphatic rings.